The molecular formula is C14H19N3S. The van der Waals surface area contributed by atoms with Crippen LogP contribution in [0.25, 0.3) is 0 Å². The number of amidine groups is 1. The summed E-state index contributed by atoms with van der Waals surface area (Å²) in [6, 6.07) is 4.52. The summed E-state index contributed by atoms with van der Waals surface area (Å²) in [6.07, 6.45) is 5.77. The van der Waals surface area contributed by atoms with Gasteiger partial charge in [-0.05, 0) is 49.1 Å². The van der Waals surface area contributed by atoms with Crippen LogP contribution in [0.15, 0.2) is 17.2 Å². The van der Waals surface area contributed by atoms with Crippen LogP contribution in [0.4, 0.5) is 5.69 Å². The maximum Gasteiger partial charge on any atom is 0.178 e. The molecule has 0 radical (unpaired) electrons. The van der Waals surface area contributed by atoms with Crippen molar-refractivity contribution >= 4 is 22.6 Å². The van der Waals surface area contributed by atoms with Crippen LogP contribution in [0.5, 0.6) is 0 Å². The number of nitrogens with zero attached hydrogens (tertiary/aromatic N) is 2. The Morgan fingerprint density at radius 3 is 3.11 bits per heavy atom. The summed E-state index contributed by atoms with van der Waals surface area (Å²) in [4.78, 5) is 0. The van der Waals surface area contributed by atoms with Gasteiger partial charge >= 0.3 is 0 Å². The zero-order chi connectivity index (χ0) is 12.7. The van der Waals surface area contributed by atoms with Crippen LogP contribution in [-0.4, -0.2) is 18.0 Å². The lowest BCUT2D eigenvalue weighted by Crippen LogP contribution is -2.20. The summed E-state index contributed by atoms with van der Waals surface area (Å²) in [7, 11) is 0. The maximum atomic E-state index is 5.87. The predicted molar refractivity (Wildman–Crippen MR) is 79.3 cm³/mol. The summed E-state index contributed by atoms with van der Waals surface area (Å²) in [5.74, 6) is 0.655. The van der Waals surface area contributed by atoms with Gasteiger partial charge in [0.1, 0.15) is 0 Å². The van der Waals surface area contributed by atoms with Crippen LogP contribution in [-0.2, 0) is 6.42 Å². The van der Waals surface area contributed by atoms with E-state index in [0.717, 1.165) is 6.54 Å². The number of rotatable bonds is 1. The van der Waals surface area contributed by atoms with E-state index in [9.17, 15) is 0 Å². The zero-order valence-electron chi connectivity index (χ0n) is 10.9. The minimum absolute atomic E-state index is 0.644. The summed E-state index contributed by atoms with van der Waals surface area (Å²) in [6.45, 7) is 3.17. The Hall–Kier alpha value is -1.16. The molecule has 1 aromatic rings. The lowest BCUT2D eigenvalue weighted by atomic mass is 9.83. The summed E-state index contributed by atoms with van der Waals surface area (Å²) >= 11 is 1.51. The van der Waals surface area contributed by atoms with Crippen LogP contribution >= 0.6 is 11.8 Å². The third-order valence-electron chi connectivity index (χ3n) is 4.00. The number of nitrogens with two attached hydrogens (primary N) is 1. The van der Waals surface area contributed by atoms with Crippen LogP contribution in [0.3, 0.4) is 0 Å². The monoisotopic (exact) mass is 261 g/mol. The molecule has 18 heavy (non-hydrogen) atoms. The third-order valence-corrected chi connectivity index (χ3v) is 4.50. The Balaban J connectivity index is 2.09. The van der Waals surface area contributed by atoms with E-state index in [-0.39, 0.29) is 0 Å². The van der Waals surface area contributed by atoms with Crippen LogP contribution in [0.2, 0.25) is 0 Å². The Kier molecular flexibility index (Phi) is 2.98. The lowest BCUT2D eigenvalue weighted by Gasteiger charge is -2.20. The fourth-order valence-electron chi connectivity index (χ4n) is 3.19. The second kappa shape index (κ2) is 4.50. The number of hydrogen-bond acceptors (Lipinski definition) is 3. The van der Waals surface area contributed by atoms with Crippen molar-refractivity contribution in [1.82, 2.24) is 0 Å². The van der Waals surface area contributed by atoms with E-state index in [1.54, 1.807) is 5.56 Å². The molecule has 1 aliphatic heterocycles. The number of anilines is 1. The number of hydrogen-bond donors (Lipinski definition) is 1. The highest BCUT2D eigenvalue weighted by Gasteiger charge is 2.34. The van der Waals surface area contributed by atoms with E-state index in [4.69, 9.17) is 5.73 Å². The number of benzene rings is 1. The first-order chi connectivity index (χ1) is 8.70. The zero-order valence-corrected chi connectivity index (χ0v) is 11.8. The standard InChI is InChI=1S/C14H19N3S/c1-9-6-7-10-4-3-5-11-8-17(13(9)12(10)11)16-14(15)18-2/h6-7,11H,3-5,8H2,1-2H3,(H2,15,16). The lowest BCUT2D eigenvalue weighted by molar-refractivity contribution is 0.576. The van der Waals surface area contributed by atoms with Gasteiger partial charge in [0.2, 0.25) is 0 Å². The highest BCUT2D eigenvalue weighted by atomic mass is 32.2. The van der Waals surface area contributed by atoms with Crippen molar-refractivity contribution in [3.63, 3.8) is 0 Å². The third kappa shape index (κ3) is 1.79. The fraction of sp³-hybridized carbons (Fsp3) is 0.500. The van der Waals surface area contributed by atoms with Crippen LogP contribution in [0.1, 0.15) is 35.4 Å². The maximum absolute atomic E-state index is 5.87. The van der Waals surface area contributed by atoms with Gasteiger partial charge in [-0.1, -0.05) is 23.9 Å². The molecule has 1 unspecified atom stereocenters. The molecule has 3 rings (SSSR count). The van der Waals surface area contributed by atoms with Gasteiger partial charge in [-0.3, -0.25) is 5.01 Å². The second-order valence-corrected chi connectivity index (χ2v) is 5.94. The van der Waals surface area contributed by atoms with Crippen molar-refractivity contribution in [2.45, 2.75) is 32.1 Å². The molecule has 2 aliphatic rings. The number of aryl methyl sites for hydroxylation is 2. The van der Waals surface area contributed by atoms with E-state index < -0.39 is 0 Å². The molecule has 0 aromatic heterocycles. The molecule has 1 aromatic carbocycles. The van der Waals surface area contributed by atoms with Crippen molar-refractivity contribution in [3.8, 4) is 0 Å². The molecule has 1 heterocycles. The Labute approximate surface area is 112 Å². The quantitative estimate of drug-likeness (QED) is 0.624. The number of thioether (sulfide) groups is 1. The molecule has 0 saturated carbocycles. The van der Waals surface area contributed by atoms with Gasteiger partial charge < -0.3 is 5.73 Å². The molecule has 2 N–H and O–H groups in total. The molecule has 96 valence electrons. The molecule has 0 spiro atoms. The second-order valence-electron chi connectivity index (χ2n) is 5.12. The summed E-state index contributed by atoms with van der Waals surface area (Å²) in [5.41, 5.74) is 11.6. The first-order valence-electron chi connectivity index (χ1n) is 6.48. The SMILES string of the molecule is CS/C(N)=N/N1CC2CCCc3ccc(C)c1c32. The highest BCUT2D eigenvalue weighted by molar-refractivity contribution is 8.13. The van der Waals surface area contributed by atoms with Gasteiger partial charge in [0.05, 0.1) is 5.69 Å². The van der Waals surface area contributed by atoms with Gasteiger partial charge in [0.15, 0.2) is 5.17 Å². The van der Waals surface area contributed by atoms with Crippen molar-refractivity contribution in [3.05, 3.63) is 28.8 Å². The van der Waals surface area contributed by atoms with Gasteiger partial charge in [0.25, 0.3) is 0 Å². The molecule has 0 amide bonds. The molecular weight excluding hydrogens is 242 g/mol. The Morgan fingerprint density at radius 1 is 1.50 bits per heavy atom. The van der Waals surface area contributed by atoms with Crippen molar-refractivity contribution < 1.29 is 0 Å². The van der Waals surface area contributed by atoms with Gasteiger partial charge in [-0.2, -0.15) is 0 Å². The molecule has 3 nitrogen and oxygen atoms in total. The summed E-state index contributed by atoms with van der Waals surface area (Å²) < 4.78 is 0. The molecule has 0 saturated heterocycles. The minimum atomic E-state index is 0.644. The van der Waals surface area contributed by atoms with E-state index >= 15 is 0 Å². The van der Waals surface area contributed by atoms with Crippen molar-refractivity contribution in [2.24, 2.45) is 10.8 Å². The van der Waals surface area contributed by atoms with E-state index in [0.29, 0.717) is 11.1 Å². The largest absolute Gasteiger partial charge is 0.377 e. The fourth-order valence-corrected chi connectivity index (χ4v) is 3.37. The molecule has 1 atom stereocenters. The highest BCUT2D eigenvalue weighted by Crippen LogP contribution is 2.46. The average Bonchev–Trinajstić information content (AvgIpc) is 2.74. The molecule has 1 aliphatic carbocycles. The normalized spacial score (nSPS) is 22.2. The Morgan fingerprint density at radius 2 is 2.33 bits per heavy atom. The number of hydrazone groups is 1. The minimum Gasteiger partial charge on any atom is -0.377 e. The van der Waals surface area contributed by atoms with Gasteiger partial charge in [0, 0.05) is 12.5 Å². The van der Waals surface area contributed by atoms with Crippen molar-refractivity contribution in [2.75, 3.05) is 17.8 Å². The predicted octanol–water partition coefficient (Wildman–Crippen LogP) is 2.83. The van der Waals surface area contributed by atoms with E-state index in [2.05, 4.69) is 29.2 Å². The van der Waals surface area contributed by atoms with Crippen LogP contribution in [0, 0.1) is 6.92 Å². The topological polar surface area (TPSA) is 41.6 Å². The molecule has 0 bridgehead atoms. The van der Waals surface area contributed by atoms with Crippen LogP contribution < -0.4 is 10.7 Å². The van der Waals surface area contributed by atoms with Crippen molar-refractivity contribution in [1.29, 1.82) is 0 Å². The molecule has 0 fully saturated rings. The first-order valence-corrected chi connectivity index (χ1v) is 7.71. The summed E-state index contributed by atoms with van der Waals surface area (Å²) in [5, 5.41) is 7.32. The molecule has 4 heteroatoms. The van der Waals surface area contributed by atoms with Gasteiger partial charge in [-0.15, -0.1) is 5.10 Å². The Bertz CT molecular complexity index is 510. The van der Waals surface area contributed by atoms with Gasteiger partial charge in [-0.25, -0.2) is 0 Å². The van der Waals surface area contributed by atoms with E-state index in [1.165, 1.54) is 47.8 Å². The van der Waals surface area contributed by atoms with E-state index in [1.807, 2.05) is 6.26 Å². The smallest absolute Gasteiger partial charge is 0.178 e. The average molecular weight is 261 g/mol. The first kappa shape index (κ1) is 11.9.